The van der Waals surface area contributed by atoms with E-state index in [1.165, 1.54) is 12.4 Å². The molecule has 0 saturated carbocycles. The first-order valence-electron chi connectivity index (χ1n) is 2.07. The molecule has 0 fully saturated rings. The quantitative estimate of drug-likeness (QED) is 0.358. The van der Waals surface area contributed by atoms with Crippen molar-refractivity contribution in [2.24, 2.45) is 0 Å². The summed E-state index contributed by atoms with van der Waals surface area (Å²) in [7, 11) is 0. The van der Waals surface area contributed by atoms with Crippen LogP contribution in [0.4, 0.5) is 0 Å². The minimum absolute atomic E-state index is 0.275. The van der Waals surface area contributed by atoms with Gasteiger partial charge >= 0.3 is 5.69 Å². The molecule has 3 nitrogen and oxygen atoms in total. The number of H-pyrrole nitrogens is 1. The van der Waals surface area contributed by atoms with E-state index in [1.807, 2.05) is 0 Å². The third-order valence-electron chi connectivity index (χ3n) is 0.725. The smallest absolute Gasteiger partial charge is 0.478 e. The molecule has 0 amide bonds. The molecule has 0 aliphatic carbocycles. The number of hydrogen-bond acceptors (Lipinski definition) is 2. The second-order valence-electron chi connectivity index (χ2n) is 1.28. The largest absolute Gasteiger partial charge is 0.551 e. The molecular weight excluding hydrogens is 124 g/mol. The number of rotatable bonds is 0. The van der Waals surface area contributed by atoms with Crippen molar-refractivity contribution >= 4 is 12.8 Å². The van der Waals surface area contributed by atoms with Crippen molar-refractivity contribution in [2.75, 3.05) is 0 Å². The summed E-state index contributed by atoms with van der Waals surface area (Å²) in [5.74, 6) is 0. The Labute approximate surface area is 51.5 Å². The third kappa shape index (κ3) is 0.840. The Morgan fingerprint density at radius 2 is 2.50 bits per heavy atom. The summed E-state index contributed by atoms with van der Waals surface area (Å²) in [6, 6.07) is 1.66. The van der Waals surface area contributed by atoms with Crippen molar-refractivity contribution in [3.8, 4) is 0 Å². The van der Waals surface area contributed by atoms with E-state index in [-0.39, 0.29) is 5.69 Å². The average Bonchev–Trinajstić information content (AvgIpc) is 1.77. The lowest BCUT2D eigenvalue weighted by atomic mass is 10.7. The molecule has 1 rings (SSSR count). The van der Waals surface area contributed by atoms with Crippen LogP contribution in [0.15, 0.2) is 23.3 Å². The van der Waals surface area contributed by atoms with Crippen LogP contribution in [0.3, 0.4) is 0 Å². The lowest BCUT2D eigenvalue weighted by Crippen LogP contribution is -2.45. The molecule has 4 heteroatoms. The SMILES string of the molecule is O=c1[nH]ccc[n+]1[S-]. The van der Waals surface area contributed by atoms with Gasteiger partial charge in [0.2, 0.25) is 0 Å². The summed E-state index contributed by atoms with van der Waals surface area (Å²) in [6.45, 7) is 0. The van der Waals surface area contributed by atoms with Crippen LogP contribution in [-0.4, -0.2) is 4.98 Å². The summed E-state index contributed by atoms with van der Waals surface area (Å²) in [4.78, 5) is 12.8. The van der Waals surface area contributed by atoms with Crippen molar-refractivity contribution in [1.82, 2.24) is 4.98 Å². The molecule has 1 aromatic rings. The predicted octanol–water partition coefficient (Wildman–Crippen LogP) is -1.03. The van der Waals surface area contributed by atoms with Crippen molar-refractivity contribution in [3.63, 3.8) is 0 Å². The van der Waals surface area contributed by atoms with Crippen LogP contribution in [0.2, 0.25) is 0 Å². The Balaban J connectivity index is 3.35. The van der Waals surface area contributed by atoms with E-state index in [9.17, 15) is 4.79 Å². The first kappa shape index (κ1) is 5.24. The van der Waals surface area contributed by atoms with E-state index in [2.05, 4.69) is 17.8 Å². The zero-order valence-corrected chi connectivity index (χ0v) is 4.81. The molecule has 0 saturated heterocycles. The molecule has 0 aromatic carbocycles. The second-order valence-corrected chi connectivity index (χ2v) is 1.68. The fourth-order valence-electron chi connectivity index (χ4n) is 0.372. The van der Waals surface area contributed by atoms with E-state index >= 15 is 0 Å². The summed E-state index contributed by atoms with van der Waals surface area (Å²) in [5, 5.41) is 0. The van der Waals surface area contributed by atoms with Crippen molar-refractivity contribution < 1.29 is 3.97 Å². The maximum Gasteiger partial charge on any atom is 0.478 e. The van der Waals surface area contributed by atoms with Gasteiger partial charge in [-0.05, 0) is 0 Å². The molecule has 0 unspecified atom stereocenters. The molecule has 1 aromatic heterocycles. The van der Waals surface area contributed by atoms with Crippen LogP contribution in [-0.2, 0) is 12.8 Å². The molecule has 8 heavy (non-hydrogen) atoms. The molecule has 0 bridgehead atoms. The first-order valence-corrected chi connectivity index (χ1v) is 2.44. The summed E-state index contributed by atoms with van der Waals surface area (Å²) in [5.41, 5.74) is -0.275. The Kier molecular flexibility index (Phi) is 1.26. The fraction of sp³-hybridized carbons (Fsp3) is 0. The van der Waals surface area contributed by atoms with Gasteiger partial charge in [-0.3, -0.25) is 0 Å². The van der Waals surface area contributed by atoms with Crippen LogP contribution >= 0.6 is 0 Å². The lowest BCUT2D eigenvalue weighted by molar-refractivity contribution is -0.514. The monoisotopic (exact) mass is 128 g/mol. The summed E-state index contributed by atoms with van der Waals surface area (Å²) < 4.78 is 1.06. The van der Waals surface area contributed by atoms with Gasteiger partial charge in [-0.2, -0.15) is 4.79 Å². The molecule has 0 radical (unpaired) electrons. The first-order chi connectivity index (χ1) is 3.80. The van der Waals surface area contributed by atoms with Gasteiger partial charge in [0.15, 0.2) is 0 Å². The molecule has 0 atom stereocenters. The minimum Gasteiger partial charge on any atom is -0.551 e. The fourth-order valence-corrected chi connectivity index (χ4v) is 0.495. The van der Waals surface area contributed by atoms with E-state index < -0.39 is 0 Å². The maximum atomic E-state index is 10.4. The van der Waals surface area contributed by atoms with Crippen LogP contribution in [0.25, 0.3) is 0 Å². The van der Waals surface area contributed by atoms with Crippen LogP contribution < -0.4 is 9.66 Å². The second kappa shape index (κ2) is 1.92. The summed E-state index contributed by atoms with van der Waals surface area (Å²) in [6.07, 6.45) is 3.04. The van der Waals surface area contributed by atoms with Crippen LogP contribution in [0.1, 0.15) is 0 Å². The van der Waals surface area contributed by atoms with Crippen LogP contribution in [0, 0.1) is 0 Å². The highest BCUT2D eigenvalue weighted by Crippen LogP contribution is 1.59. The maximum absolute atomic E-state index is 10.4. The number of aromatic nitrogens is 2. The van der Waals surface area contributed by atoms with Gasteiger partial charge in [0.1, 0.15) is 0 Å². The van der Waals surface area contributed by atoms with E-state index in [4.69, 9.17) is 0 Å². The van der Waals surface area contributed by atoms with Gasteiger partial charge < -0.3 is 16.8 Å². The number of hydrogen-bond donors (Lipinski definition) is 1. The van der Waals surface area contributed by atoms with Gasteiger partial charge in [0.05, 0.1) is 12.4 Å². The summed E-state index contributed by atoms with van der Waals surface area (Å²) >= 11 is 4.53. The van der Waals surface area contributed by atoms with Gasteiger partial charge in [-0.1, -0.05) is 0 Å². The topological polar surface area (TPSA) is 36.7 Å². The predicted molar refractivity (Wildman–Crippen MR) is 30.0 cm³/mol. The van der Waals surface area contributed by atoms with Gasteiger partial charge in [0.25, 0.3) is 0 Å². The molecule has 0 aliphatic rings. The Bertz CT molecular complexity index is 231. The average molecular weight is 128 g/mol. The van der Waals surface area contributed by atoms with Crippen molar-refractivity contribution in [2.45, 2.75) is 0 Å². The number of nitrogens with zero attached hydrogens (tertiary/aromatic N) is 1. The molecule has 0 spiro atoms. The standard InChI is InChI=1S/C4H4N2OS/c7-4-5-2-1-3-6(4)8/h1-3H,(H,5,7). The van der Waals surface area contributed by atoms with E-state index in [1.54, 1.807) is 6.07 Å². The third-order valence-corrected chi connectivity index (χ3v) is 1.01. The normalized spacial score (nSPS) is 9.00. The zero-order chi connectivity index (χ0) is 5.98. The highest BCUT2D eigenvalue weighted by atomic mass is 32.1. The molecule has 1 heterocycles. The Morgan fingerprint density at radius 1 is 1.75 bits per heavy atom. The Hall–Kier alpha value is -0.900. The van der Waals surface area contributed by atoms with Crippen LogP contribution in [0.5, 0.6) is 0 Å². The van der Waals surface area contributed by atoms with Crippen molar-refractivity contribution in [3.05, 3.63) is 28.9 Å². The number of nitrogens with one attached hydrogen (secondary N) is 1. The molecular formula is C4H4N2OS. The van der Waals surface area contributed by atoms with Crippen molar-refractivity contribution in [1.29, 1.82) is 0 Å². The zero-order valence-electron chi connectivity index (χ0n) is 4.00. The van der Waals surface area contributed by atoms with Gasteiger partial charge in [-0.25, -0.2) is 4.98 Å². The number of aromatic amines is 1. The Morgan fingerprint density at radius 3 is 2.88 bits per heavy atom. The van der Waals surface area contributed by atoms with E-state index in [0.717, 1.165) is 3.97 Å². The highest BCUT2D eigenvalue weighted by molar-refractivity contribution is 7.50. The molecule has 1 N–H and O–H groups in total. The molecule has 0 aliphatic heterocycles. The molecule has 42 valence electrons. The van der Waals surface area contributed by atoms with E-state index in [0.29, 0.717) is 0 Å². The lowest BCUT2D eigenvalue weighted by Gasteiger charge is -1.93. The van der Waals surface area contributed by atoms with Gasteiger partial charge in [0, 0.05) is 6.07 Å². The van der Waals surface area contributed by atoms with Gasteiger partial charge in [-0.15, -0.1) is 0 Å². The minimum atomic E-state index is -0.275. The highest BCUT2D eigenvalue weighted by Gasteiger charge is 1.84.